The highest BCUT2D eigenvalue weighted by Gasteiger charge is 2.40. The van der Waals surface area contributed by atoms with Crippen LogP contribution in [0.5, 0.6) is 0 Å². The molecule has 0 radical (unpaired) electrons. The van der Waals surface area contributed by atoms with E-state index in [9.17, 15) is 4.79 Å². The van der Waals surface area contributed by atoms with Crippen molar-refractivity contribution in [3.8, 4) is 0 Å². The maximum absolute atomic E-state index is 11.4. The highest BCUT2D eigenvalue weighted by molar-refractivity contribution is 7.71. The topological polar surface area (TPSA) is 53.6 Å². The largest absolute Gasteiger partial charge is 0.342 e. The van der Waals surface area contributed by atoms with Gasteiger partial charge in [0.25, 0.3) is 0 Å². The first kappa shape index (κ1) is 8.74. The fourth-order valence-corrected chi connectivity index (χ4v) is 2.18. The minimum absolute atomic E-state index is 0.137. The number of nitrogens with one attached hydrogen (secondary N) is 2. The van der Waals surface area contributed by atoms with Gasteiger partial charge in [0.2, 0.25) is 0 Å². The Morgan fingerprint density at radius 2 is 2.08 bits per heavy atom. The molecule has 0 aliphatic heterocycles. The normalized spacial score (nSPS) is 17.7. The molecule has 2 rings (SSSR count). The Hall–Kier alpha value is -0.840. The van der Waals surface area contributed by atoms with Crippen molar-refractivity contribution in [3.05, 3.63) is 15.3 Å². The molecule has 1 heterocycles. The Kier molecular flexibility index (Phi) is 1.73. The van der Waals surface area contributed by atoms with Gasteiger partial charge in [-0.05, 0) is 44.8 Å². The third-order valence-electron chi connectivity index (χ3n) is 2.84. The quantitative estimate of drug-likeness (QED) is 0.707. The van der Waals surface area contributed by atoms with Crippen LogP contribution in [0.4, 0.5) is 0 Å². The monoisotopic (exact) mass is 199 g/mol. The van der Waals surface area contributed by atoms with E-state index in [2.05, 4.69) is 24.0 Å². The molecule has 1 aromatic heterocycles. The summed E-state index contributed by atoms with van der Waals surface area (Å²) in [5.74, 6) is 0.594. The van der Waals surface area contributed by atoms with Crippen LogP contribution >= 0.6 is 12.2 Å². The lowest BCUT2D eigenvalue weighted by Crippen LogP contribution is -2.36. The van der Waals surface area contributed by atoms with Gasteiger partial charge in [-0.3, -0.25) is 9.67 Å². The van der Waals surface area contributed by atoms with Crippen LogP contribution in [0.2, 0.25) is 0 Å². The molecule has 72 valence electrons. The SMILES string of the molecule is CC(C)(C1CC1)n1c(=O)[nH][nH]c1=S. The van der Waals surface area contributed by atoms with E-state index in [-0.39, 0.29) is 11.2 Å². The first-order valence-electron chi connectivity index (χ1n) is 4.43. The first-order chi connectivity index (χ1) is 6.03. The van der Waals surface area contributed by atoms with Crippen LogP contribution in [0.1, 0.15) is 26.7 Å². The summed E-state index contributed by atoms with van der Waals surface area (Å²) in [6, 6.07) is 0. The summed E-state index contributed by atoms with van der Waals surface area (Å²) < 4.78 is 2.13. The molecular weight excluding hydrogens is 186 g/mol. The molecule has 0 saturated heterocycles. The molecule has 4 nitrogen and oxygen atoms in total. The zero-order valence-electron chi connectivity index (χ0n) is 7.76. The van der Waals surface area contributed by atoms with Gasteiger partial charge in [-0.2, -0.15) is 0 Å². The maximum atomic E-state index is 11.4. The lowest BCUT2D eigenvalue weighted by molar-refractivity contribution is 0.292. The third-order valence-corrected chi connectivity index (χ3v) is 3.12. The number of aromatic amines is 2. The molecule has 1 aromatic rings. The molecule has 0 bridgehead atoms. The van der Waals surface area contributed by atoms with Gasteiger partial charge in [-0.1, -0.05) is 0 Å². The van der Waals surface area contributed by atoms with Crippen molar-refractivity contribution in [1.82, 2.24) is 14.8 Å². The second-order valence-corrected chi connectivity index (χ2v) is 4.51. The van der Waals surface area contributed by atoms with Crippen LogP contribution in [0.25, 0.3) is 0 Å². The fraction of sp³-hybridized carbons (Fsp3) is 0.750. The number of hydrogen-bond donors (Lipinski definition) is 2. The molecule has 13 heavy (non-hydrogen) atoms. The van der Waals surface area contributed by atoms with Crippen LogP contribution in [0.15, 0.2) is 4.79 Å². The zero-order chi connectivity index (χ0) is 9.64. The van der Waals surface area contributed by atoms with Crippen molar-refractivity contribution < 1.29 is 0 Å². The second kappa shape index (κ2) is 2.57. The number of hydrogen-bond acceptors (Lipinski definition) is 2. The summed E-state index contributed by atoms with van der Waals surface area (Å²) in [6.07, 6.45) is 2.39. The molecule has 0 amide bonds. The van der Waals surface area contributed by atoms with Gasteiger partial charge in [0, 0.05) is 5.54 Å². The third kappa shape index (κ3) is 1.27. The predicted octanol–water partition coefficient (Wildman–Crippen LogP) is 1.38. The van der Waals surface area contributed by atoms with Gasteiger partial charge >= 0.3 is 5.69 Å². The Labute approximate surface area is 81.0 Å². The van der Waals surface area contributed by atoms with Crippen molar-refractivity contribution >= 4 is 12.2 Å². The van der Waals surface area contributed by atoms with E-state index in [1.54, 1.807) is 4.57 Å². The van der Waals surface area contributed by atoms with Gasteiger partial charge in [-0.15, -0.1) is 0 Å². The summed E-state index contributed by atoms with van der Waals surface area (Å²) in [4.78, 5) is 11.4. The van der Waals surface area contributed by atoms with Crippen molar-refractivity contribution in [2.45, 2.75) is 32.2 Å². The summed E-state index contributed by atoms with van der Waals surface area (Å²) in [7, 11) is 0. The maximum Gasteiger partial charge on any atom is 0.342 e. The smallest absolute Gasteiger partial charge is 0.272 e. The van der Waals surface area contributed by atoms with E-state index >= 15 is 0 Å². The molecule has 0 spiro atoms. The number of aromatic nitrogens is 3. The summed E-state index contributed by atoms with van der Waals surface area (Å²) in [6.45, 7) is 4.12. The number of H-pyrrole nitrogens is 2. The van der Waals surface area contributed by atoms with E-state index in [1.807, 2.05) is 0 Å². The molecule has 1 fully saturated rings. The minimum Gasteiger partial charge on any atom is -0.272 e. The van der Waals surface area contributed by atoms with Gasteiger partial charge in [-0.25, -0.2) is 9.89 Å². The Morgan fingerprint density at radius 1 is 1.46 bits per heavy atom. The summed E-state index contributed by atoms with van der Waals surface area (Å²) in [5, 5.41) is 5.17. The summed E-state index contributed by atoms with van der Waals surface area (Å²) >= 11 is 5.04. The average Bonchev–Trinajstić information content (AvgIpc) is 2.79. The van der Waals surface area contributed by atoms with Gasteiger partial charge in [0.05, 0.1) is 0 Å². The zero-order valence-corrected chi connectivity index (χ0v) is 8.57. The van der Waals surface area contributed by atoms with Crippen molar-refractivity contribution in [2.24, 2.45) is 5.92 Å². The van der Waals surface area contributed by atoms with E-state index in [1.165, 1.54) is 12.8 Å². The van der Waals surface area contributed by atoms with Crippen LogP contribution in [0, 0.1) is 10.7 Å². The second-order valence-electron chi connectivity index (χ2n) is 4.12. The summed E-state index contributed by atoms with van der Waals surface area (Å²) in [5.41, 5.74) is -0.285. The standard InChI is InChI=1S/C8H13N3OS/c1-8(2,5-3-4-5)11-6(12)9-10-7(11)13/h5H,3-4H2,1-2H3,(H,9,12)(H,10,13). The van der Waals surface area contributed by atoms with E-state index < -0.39 is 0 Å². The van der Waals surface area contributed by atoms with Gasteiger partial charge < -0.3 is 0 Å². The molecule has 0 aromatic carbocycles. The minimum atomic E-state index is -0.148. The first-order valence-corrected chi connectivity index (χ1v) is 4.84. The van der Waals surface area contributed by atoms with Gasteiger partial charge in [0.15, 0.2) is 4.77 Å². The lowest BCUT2D eigenvalue weighted by atomic mass is 9.99. The lowest BCUT2D eigenvalue weighted by Gasteiger charge is -2.24. The molecule has 1 aliphatic rings. The molecule has 0 atom stereocenters. The molecule has 2 N–H and O–H groups in total. The van der Waals surface area contributed by atoms with E-state index in [0.717, 1.165) is 0 Å². The van der Waals surface area contributed by atoms with Crippen molar-refractivity contribution in [2.75, 3.05) is 0 Å². The van der Waals surface area contributed by atoms with E-state index in [0.29, 0.717) is 10.7 Å². The Balaban J connectivity index is 2.55. The number of rotatable bonds is 2. The van der Waals surface area contributed by atoms with Crippen LogP contribution in [-0.4, -0.2) is 14.8 Å². The molecule has 1 saturated carbocycles. The van der Waals surface area contributed by atoms with Crippen LogP contribution in [0.3, 0.4) is 0 Å². The van der Waals surface area contributed by atoms with Gasteiger partial charge in [0.1, 0.15) is 0 Å². The van der Waals surface area contributed by atoms with Crippen LogP contribution < -0.4 is 5.69 Å². The fourth-order valence-electron chi connectivity index (χ4n) is 1.81. The molecule has 0 unspecified atom stereocenters. The average molecular weight is 199 g/mol. The Morgan fingerprint density at radius 3 is 2.46 bits per heavy atom. The highest BCUT2D eigenvalue weighted by atomic mass is 32.1. The molecule has 5 heteroatoms. The molecular formula is C8H13N3OS. The van der Waals surface area contributed by atoms with Crippen molar-refractivity contribution in [1.29, 1.82) is 0 Å². The van der Waals surface area contributed by atoms with Crippen LogP contribution in [-0.2, 0) is 5.54 Å². The Bertz CT molecular complexity index is 394. The van der Waals surface area contributed by atoms with E-state index in [4.69, 9.17) is 12.2 Å². The highest BCUT2D eigenvalue weighted by Crippen LogP contribution is 2.43. The predicted molar refractivity (Wildman–Crippen MR) is 52.3 cm³/mol. The number of nitrogens with zero attached hydrogens (tertiary/aromatic N) is 1. The van der Waals surface area contributed by atoms with Crippen molar-refractivity contribution in [3.63, 3.8) is 0 Å². The molecule has 1 aliphatic carbocycles.